The number of aliphatic hydroxyl groups excluding tert-OH is 1. The minimum absolute atomic E-state index is 0.00546. The Labute approximate surface area is 160 Å². The van der Waals surface area contributed by atoms with Crippen molar-refractivity contribution in [3.05, 3.63) is 30.1 Å². The molecule has 1 saturated carbocycles. The normalized spacial score (nSPS) is 23.0. The first kappa shape index (κ1) is 20.1. The maximum Gasteiger partial charge on any atom is 0.224 e. The van der Waals surface area contributed by atoms with Gasteiger partial charge in [-0.1, -0.05) is 19.3 Å². The molecule has 0 radical (unpaired) electrons. The van der Waals surface area contributed by atoms with E-state index in [4.69, 9.17) is 4.74 Å². The SMILES string of the molecule is O=C(NC1CCCCC1)C1CCCN(CC(O)COc2ccc(F)cc2)C1. The first-order chi connectivity index (χ1) is 13.1. The van der Waals surface area contributed by atoms with Crippen molar-refractivity contribution in [1.82, 2.24) is 10.2 Å². The van der Waals surface area contributed by atoms with E-state index in [-0.39, 0.29) is 24.2 Å². The van der Waals surface area contributed by atoms with Crippen LogP contribution in [0, 0.1) is 11.7 Å². The average molecular weight is 378 g/mol. The van der Waals surface area contributed by atoms with E-state index in [0.717, 1.165) is 32.2 Å². The summed E-state index contributed by atoms with van der Waals surface area (Å²) in [5.41, 5.74) is 0. The van der Waals surface area contributed by atoms with Gasteiger partial charge in [-0.25, -0.2) is 4.39 Å². The molecule has 2 aliphatic rings. The van der Waals surface area contributed by atoms with Gasteiger partial charge in [0.2, 0.25) is 5.91 Å². The van der Waals surface area contributed by atoms with Gasteiger partial charge in [0, 0.05) is 19.1 Å². The summed E-state index contributed by atoms with van der Waals surface area (Å²) in [4.78, 5) is 14.7. The molecule has 3 rings (SSSR count). The number of aliphatic hydroxyl groups is 1. The quantitative estimate of drug-likeness (QED) is 0.766. The number of carbonyl (C=O) groups excluding carboxylic acids is 1. The second-order valence-electron chi connectivity index (χ2n) is 7.86. The number of ether oxygens (including phenoxy) is 1. The summed E-state index contributed by atoms with van der Waals surface area (Å²) in [7, 11) is 0. The number of nitrogens with zero attached hydrogens (tertiary/aromatic N) is 1. The van der Waals surface area contributed by atoms with E-state index in [1.807, 2.05) is 0 Å². The molecule has 2 unspecified atom stereocenters. The van der Waals surface area contributed by atoms with Crippen LogP contribution in [0.5, 0.6) is 5.75 Å². The molecule has 0 aromatic heterocycles. The number of benzene rings is 1. The number of hydrogen-bond donors (Lipinski definition) is 2. The standard InChI is InChI=1S/C21H31FN2O3/c22-17-8-10-20(11-9-17)27-15-19(25)14-24-12-4-5-16(13-24)21(26)23-18-6-2-1-3-7-18/h8-11,16,18-19,25H,1-7,12-15H2,(H,23,26). The molecule has 1 saturated heterocycles. The Balaban J connectivity index is 1.40. The molecular weight excluding hydrogens is 347 g/mol. The van der Waals surface area contributed by atoms with Gasteiger partial charge < -0.3 is 15.2 Å². The van der Waals surface area contributed by atoms with E-state index in [0.29, 0.717) is 24.9 Å². The lowest BCUT2D eigenvalue weighted by Gasteiger charge is -2.34. The topological polar surface area (TPSA) is 61.8 Å². The molecule has 150 valence electrons. The molecule has 27 heavy (non-hydrogen) atoms. The molecule has 1 aromatic carbocycles. The fourth-order valence-electron chi connectivity index (χ4n) is 4.08. The Hall–Kier alpha value is -1.66. The summed E-state index contributed by atoms with van der Waals surface area (Å²) >= 11 is 0. The molecule has 1 heterocycles. The van der Waals surface area contributed by atoms with Gasteiger partial charge >= 0.3 is 0 Å². The van der Waals surface area contributed by atoms with Gasteiger partial charge in [-0.3, -0.25) is 9.69 Å². The highest BCUT2D eigenvalue weighted by Crippen LogP contribution is 2.21. The number of piperidine rings is 1. The van der Waals surface area contributed by atoms with Crippen molar-refractivity contribution in [3.8, 4) is 5.75 Å². The molecule has 2 atom stereocenters. The summed E-state index contributed by atoms with van der Waals surface area (Å²) in [6.07, 6.45) is 7.13. The van der Waals surface area contributed by atoms with Crippen molar-refractivity contribution in [2.45, 2.75) is 57.1 Å². The van der Waals surface area contributed by atoms with E-state index in [2.05, 4.69) is 10.2 Å². The third kappa shape index (κ3) is 6.47. The molecule has 2 N–H and O–H groups in total. The predicted octanol–water partition coefficient (Wildman–Crippen LogP) is 2.73. The van der Waals surface area contributed by atoms with Gasteiger partial charge in [-0.15, -0.1) is 0 Å². The second kappa shape index (κ2) is 10.0. The Morgan fingerprint density at radius 1 is 1.19 bits per heavy atom. The summed E-state index contributed by atoms with van der Waals surface area (Å²) in [6, 6.07) is 6.11. The number of β-amino-alcohol motifs (C(OH)–C–C–N with tert-alkyl or cyclic N) is 1. The van der Waals surface area contributed by atoms with Crippen LogP contribution in [0.4, 0.5) is 4.39 Å². The molecule has 0 spiro atoms. The van der Waals surface area contributed by atoms with Crippen molar-refractivity contribution in [2.75, 3.05) is 26.2 Å². The Morgan fingerprint density at radius 3 is 2.67 bits per heavy atom. The lowest BCUT2D eigenvalue weighted by molar-refractivity contribution is -0.127. The fraction of sp³-hybridized carbons (Fsp3) is 0.667. The zero-order valence-corrected chi connectivity index (χ0v) is 15.9. The number of carbonyl (C=O) groups is 1. The summed E-state index contributed by atoms with van der Waals surface area (Å²) in [5, 5.41) is 13.5. The van der Waals surface area contributed by atoms with Crippen LogP contribution >= 0.6 is 0 Å². The number of halogens is 1. The monoisotopic (exact) mass is 378 g/mol. The highest BCUT2D eigenvalue weighted by molar-refractivity contribution is 5.79. The van der Waals surface area contributed by atoms with Crippen LogP contribution in [0.1, 0.15) is 44.9 Å². The van der Waals surface area contributed by atoms with E-state index in [9.17, 15) is 14.3 Å². The first-order valence-electron chi connectivity index (χ1n) is 10.2. The van der Waals surface area contributed by atoms with Crippen LogP contribution < -0.4 is 10.1 Å². The number of likely N-dealkylation sites (tertiary alicyclic amines) is 1. The number of rotatable bonds is 7. The molecule has 0 bridgehead atoms. The first-order valence-corrected chi connectivity index (χ1v) is 10.2. The minimum atomic E-state index is -0.643. The van der Waals surface area contributed by atoms with Crippen molar-refractivity contribution >= 4 is 5.91 Å². The van der Waals surface area contributed by atoms with Crippen molar-refractivity contribution in [2.24, 2.45) is 5.92 Å². The maximum absolute atomic E-state index is 12.9. The van der Waals surface area contributed by atoms with Crippen molar-refractivity contribution in [1.29, 1.82) is 0 Å². The third-order valence-corrected chi connectivity index (χ3v) is 5.55. The van der Waals surface area contributed by atoms with Crippen LogP contribution in [0.2, 0.25) is 0 Å². The molecule has 5 nitrogen and oxygen atoms in total. The predicted molar refractivity (Wildman–Crippen MR) is 102 cm³/mol. The number of hydrogen-bond acceptors (Lipinski definition) is 4. The van der Waals surface area contributed by atoms with Crippen molar-refractivity contribution in [3.63, 3.8) is 0 Å². The van der Waals surface area contributed by atoms with Crippen LogP contribution in [-0.4, -0.2) is 54.3 Å². The third-order valence-electron chi connectivity index (χ3n) is 5.55. The van der Waals surface area contributed by atoms with E-state index in [1.165, 1.54) is 31.4 Å². The van der Waals surface area contributed by atoms with Gasteiger partial charge in [0.15, 0.2) is 0 Å². The van der Waals surface area contributed by atoms with Crippen LogP contribution in [0.3, 0.4) is 0 Å². The summed E-state index contributed by atoms with van der Waals surface area (Å²) < 4.78 is 18.4. The number of amides is 1. The lowest BCUT2D eigenvalue weighted by Crippen LogP contribution is -2.48. The smallest absolute Gasteiger partial charge is 0.224 e. The van der Waals surface area contributed by atoms with Gasteiger partial charge in [0.1, 0.15) is 24.3 Å². The van der Waals surface area contributed by atoms with Crippen LogP contribution in [-0.2, 0) is 4.79 Å². The molecule has 1 aromatic rings. The van der Waals surface area contributed by atoms with E-state index in [1.54, 1.807) is 12.1 Å². The highest BCUT2D eigenvalue weighted by atomic mass is 19.1. The van der Waals surface area contributed by atoms with Crippen LogP contribution in [0.25, 0.3) is 0 Å². The largest absolute Gasteiger partial charge is 0.491 e. The Bertz CT molecular complexity index is 590. The maximum atomic E-state index is 12.9. The fourth-order valence-corrected chi connectivity index (χ4v) is 4.08. The van der Waals surface area contributed by atoms with Crippen LogP contribution in [0.15, 0.2) is 24.3 Å². The zero-order chi connectivity index (χ0) is 19.1. The molecule has 1 aliphatic carbocycles. The van der Waals surface area contributed by atoms with Gasteiger partial charge in [-0.05, 0) is 56.5 Å². The van der Waals surface area contributed by atoms with E-state index < -0.39 is 6.10 Å². The highest BCUT2D eigenvalue weighted by Gasteiger charge is 2.28. The molecule has 1 aliphatic heterocycles. The Kier molecular flexibility index (Phi) is 7.47. The van der Waals surface area contributed by atoms with Crippen molar-refractivity contribution < 1.29 is 19.0 Å². The summed E-state index contributed by atoms with van der Waals surface area (Å²) in [5.74, 6) is 0.405. The van der Waals surface area contributed by atoms with Gasteiger partial charge in [-0.2, -0.15) is 0 Å². The van der Waals surface area contributed by atoms with Gasteiger partial charge in [0.05, 0.1) is 5.92 Å². The average Bonchev–Trinajstić information content (AvgIpc) is 2.68. The number of nitrogens with one attached hydrogen (secondary N) is 1. The minimum Gasteiger partial charge on any atom is -0.491 e. The molecule has 2 fully saturated rings. The molecule has 6 heteroatoms. The Morgan fingerprint density at radius 2 is 1.93 bits per heavy atom. The lowest BCUT2D eigenvalue weighted by atomic mass is 9.93. The summed E-state index contributed by atoms with van der Waals surface area (Å²) in [6.45, 7) is 2.21. The second-order valence-corrected chi connectivity index (χ2v) is 7.86. The van der Waals surface area contributed by atoms with Gasteiger partial charge in [0.25, 0.3) is 0 Å². The molecule has 1 amide bonds. The zero-order valence-electron chi connectivity index (χ0n) is 15.9. The molecular formula is C21H31FN2O3. The van der Waals surface area contributed by atoms with E-state index >= 15 is 0 Å².